The molecule has 12 unspecified atom stereocenters. The largest absolute Gasteiger partial charge is 0.481 e. The SMILES string of the molecule is CNCCCC1NC(=O)CNC(=O)C(NC(=O)C(CC(=O)O)NC(=O)C(N)CC(N)=O)C(C)OC(=O)C(CC(=O)c2ccccc2N)NC(=O)C(C(C)CC(=O)O)NC(=O)C(CO)NC(=O)CNC(=O)C(CC(=O)O)NC(=O)C(C)NC(=O)C(CC(=O)O)NC1=O. The van der Waals surface area contributed by atoms with E-state index in [1.807, 2.05) is 21.3 Å². The number of benzene rings is 1. The quantitative estimate of drug-likeness (QED) is 0.0209. The van der Waals surface area contributed by atoms with Gasteiger partial charge in [0.15, 0.2) is 5.78 Å². The first-order valence-electron chi connectivity index (χ1n) is 27.6. The molecule has 39 heteroatoms. The van der Waals surface area contributed by atoms with Crippen LogP contribution >= 0.6 is 0 Å². The number of primary amides is 1. The minimum Gasteiger partial charge on any atom is -0.481 e. The number of aliphatic hydroxyl groups excluding tert-OH is 1. The molecule has 1 saturated heterocycles. The van der Waals surface area contributed by atoms with Gasteiger partial charge in [0.1, 0.15) is 60.5 Å². The van der Waals surface area contributed by atoms with E-state index in [1.54, 1.807) is 0 Å². The van der Waals surface area contributed by atoms with Gasteiger partial charge in [-0.3, -0.25) is 81.5 Å². The first kappa shape index (κ1) is 76.7. The fourth-order valence-electron chi connectivity index (χ4n) is 8.29. The van der Waals surface area contributed by atoms with Crippen LogP contribution in [0.25, 0.3) is 0 Å². The molecule has 2 rings (SSSR count). The average molecular weight is 1290 g/mol. The van der Waals surface area contributed by atoms with Gasteiger partial charge >= 0.3 is 29.8 Å². The Morgan fingerprint density at radius 1 is 0.615 bits per heavy atom. The number of ether oxygens (including phenoxy) is 1. The van der Waals surface area contributed by atoms with Gasteiger partial charge in [0.2, 0.25) is 70.9 Å². The summed E-state index contributed by atoms with van der Waals surface area (Å²) in [6.07, 6.45) is -8.75. The van der Waals surface area contributed by atoms with Crippen LogP contribution < -0.4 is 81.0 Å². The van der Waals surface area contributed by atoms with Crippen LogP contribution in [0.2, 0.25) is 0 Å². The molecule has 1 aliphatic heterocycles. The predicted molar refractivity (Wildman–Crippen MR) is 305 cm³/mol. The normalized spacial score (nSPS) is 23.4. The summed E-state index contributed by atoms with van der Waals surface area (Å²) in [6, 6.07) is -14.9. The number of aliphatic hydroxyl groups is 1. The third-order valence-electron chi connectivity index (χ3n) is 13.0. The van der Waals surface area contributed by atoms with Crippen molar-refractivity contribution >= 4 is 112 Å². The number of para-hydroxylation sites is 1. The van der Waals surface area contributed by atoms with Gasteiger partial charge in [-0.1, -0.05) is 19.1 Å². The van der Waals surface area contributed by atoms with Crippen molar-refractivity contribution in [2.24, 2.45) is 17.4 Å². The standard InChI is InChI=1S/C52H75N15O24/c1-21(12-37(73)74)41-51(89)65-31(14-33(69)24-8-5-6-9-25(24)53)52(90)91-23(3)42(67-48(86)30(17-40(79)80)63-44(82)26(54)13-34(55)70)50(88)58-19-35(71)60-27(10-7-11-56-4)46(84)64-29(16-39(77)78)47(85)59-22(2)43(81)62-28(15-38(75)76)45(83)57-18-36(72)61-32(20-68)49(87)66-41/h5-6,8-9,21-23,26-32,41-42,56,68H,7,10-20,53-54H2,1-4H3,(H2,55,70)(H,57,83)(H,58,88)(H,59,85)(H,60,71)(H,61,72)(H,62,81)(H,63,82)(H,64,84)(H,65,89)(H,66,87)(H,67,86)(H,73,74)(H,75,76)(H,77,78)(H,79,80). The summed E-state index contributed by atoms with van der Waals surface area (Å²) in [4.78, 5) is 238. The summed E-state index contributed by atoms with van der Waals surface area (Å²) >= 11 is 0. The Morgan fingerprint density at radius 3 is 1.69 bits per heavy atom. The highest BCUT2D eigenvalue weighted by atomic mass is 16.5. The van der Waals surface area contributed by atoms with E-state index in [2.05, 4.69) is 42.5 Å². The Balaban J connectivity index is 2.94. The van der Waals surface area contributed by atoms with E-state index in [0.29, 0.717) is 0 Å². The van der Waals surface area contributed by atoms with Gasteiger partial charge in [0.05, 0.1) is 57.8 Å². The number of cyclic esters (lactones) is 1. The second-order valence-corrected chi connectivity index (χ2v) is 20.6. The van der Waals surface area contributed by atoms with Gasteiger partial charge in [-0.15, -0.1) is 0 Å². The van der Waals surface area contributed by atoms with Gasteiger partial charge in [-0.25, -0.2) is 4.79 Å². The number of ketones is 1. The molecule has 12 amide bonds. The third kappa shape index (κ3) is 26.8. The second-order valence-electron chi connectivity index (χ2n) is 20.6. The number of carboxylic acid groups (broad SMARTS) is 4. The van der Waals surface area contributed by atoms with E-state index < -0.39 is 237 Å². The maximum Gasteiger partial charge on any atom is 0.329 e. The average Bonchev–Trinajstić information content (AvgIpc) is 1.85. The zero-order valence-corrected chi connectivity index (χ0v) is 49.4. The smallest absolute Gasteiger partial charge is 0.329 e. The molecule has 1 fully saturated rings. The molecule has 0 aromatic heterocycles. The number of carbonyl (C=O) groups is 18. The fourth-order valence-corrected chi connectivity index (χ4v) is 8.29. The Morgan fingerprint density at radius 2 is 1.14 bits per heavy atom. The van der Waals surface area contributed by atoms with E-state index in [-0.39, 0.29) is 30.6 Å². The van der Waals surface area contributed by atoms with Crippen molar-refractivity contribution in [3.8, 4) is 0 Å². The highest BCUT2D eigenvalue weighted by molar-refractivity contribution is 6.05. The van der Waals surface area contributed by atoms with E-state index >= 15 is 0 Å². The lowest BCUT2D eigenvalue weighted by atomic mass is 9.96. The Labute approximate surface area is 516 Å². The van der Waals surface area contributed by atoms with Gasteiger partial charge in [0, 0.05) is 17.7 Å². The second kappa shape index (κ2) is 37.4. The zero-order chi connectivity index (χ0) is 69.0. The van der Waals surface area contributed by atoms with Crippen LogP contribution in [0.15, 0.2) is 24.3 Å². The molecule has 23 N–H and O–H groups in total. The van der Waals surface area contributed by atoms with Crippen molar-refractivity contribution in [1.82, 2.24) is 63.8 Å². The monoisotopic (exact) mass is 1290 g/mol. The van der Waals surface area contributed by atoms with Crippen LogP contribution in [-0.4, -0.2) is 232 Å². The number of rotatable bonds is 23. The lowest BCUT2D eigenvalue weighted by Gasteiger charge is -2.30. The van der Waals surface area contributed by atoms with E-state index in [9.17, 15) is 112 Å². The van der Waals surface area contributed by atoms with Crippen molar-refractivity contribution in [3.63, 3.8) is 0 Å². The molecule has 0 saturated carbocycles. The first-order chi connectivity index (χ1) is 42.6. The lowest BCUT2D eigenvalue weighted by molar-refractivity contribution is -0.156. The van der Waals surface area contributed by atoms with E-state index in [4.69, 9.17) is 21.9 Å². The number of nitrogens with two attached hydrogens (primary N) is 3. The van der Waals surface area contributed by atoms with Crippen molar-refractivity contribution in [1.29, 1.82) is 0 Å². The fraction of sp³-hybridized carbons (Fsp3) is 0.538. The molecule has 502 valence electrons. The molecule has 1 aromatic rings. The maximum atomic E-state index is 14.5. The summed E-state index contributed by atoms with van der Waals surface area (Å²) in [6.45, 7) is -0.410. The molecule has 0 spiro atoms. The van der Waals surface area contributed by atoms with Gasteiger partial charge in [0.25, 0.3) is 0 Å². The minimum atomic E-state index is -2.32. The number of aliphatic carboxylic acids is 4. The number of anilines is 1. The summed E-state index contributed by atoms with van der Waals surface area (Å²) in [5, 5.41) is 74.6. The van der Waals surface area contributed by atoms with Crippen LogP contribution in [-0.2, 0) is 86.2 Å². The first-order valence-corrected chi connectivity index (χ1v) is 27.6. The molecule has 0 aliphatic carbocycles. The third-order valence-corrected chi connectivity index (χ3v) is 13.0. The van der Waals surface area contributed by atoms with E-state index in [0.717, 1.165) is 20.8 Å². The number of hydrogen-bond acceptors (Lipinski definition) is 23. The Kier molecular flexibility index (Phi) is 31.5. The summed E-state index contributed by atoms with van der Waals surface area (Å²) in [7, 11) is 1.51. The van der Waals surface area contributed by atoms with Gasteiger partial charge in [-0.2, -0.15) is 0 Å². The van der Waals surface area contributed by atoms with Gasteiger partial charge < -0.3 is 111 Å². The predicted octanol–water partition coefficient (Wildman–Crippen LogP) is -9.87. The Bertz CT molecular complexity index is 2930. The van der Waals surface area contributed by atoms with Crippen LogP contribution in [0.1, 0.15) is 82.5 Å². The molecule has 0 radical (unpaired) electrons. The summed E-state index contributed by atoms with van der Waals surface area (Å²) in [5.41, 5.74) is 16.4. The van der Waals surface area contributed by atoms with Crippen molar-refractivity contribution in [2.75, 3.05) is 39.0 Å². The molecule has 1 heterocycles. The number of Topliss-reactive ketones (excluding diaryl/α,β-unsaturated/α-hetero) is 1. The molecular weight excluding hydrogens is 1220 g/mol. The topological polar surface area (TPSA) is 640 Å². The highest BCUT2D eigenvalue weighted by Gasteiger charge is 2.40. The minimum absolute atomic E-state index is 0.0774. The molecule has 39 nitrogen and oxygen atoms in total. The molecule has 12 atom stereocenters. The molecular formula is C52H75N15O24. The van der Waals surface area contributed by atoms with Crippen LogP contribution in [0.5, 0.6) is 0 Å². The van der Waals surface area contributed by atoms with Crippen molar-refractivity contribution in [2.45, 2.75) is 139 Å². The summed E-state index contributed by atoms with van der Waals surface area (Å²) in [5.74, 6) is -27.0. The van der Waals surface area contributed by atoms with E-state index in [1.165, 1.54) is 31.3 Å². The number of esters is 1. The van der Waals surface area contributed by atoms with Crippen molar-refractivity contribution < 1.29 is 117 Å². The molecule has 1 aromatic carbocycles. The number of carbonyl (C=O) groups excluding carboxylic acids is 14. The van der Waals surface area contributed by atoms with Gasteiger partial charge in [-0.05, 0) is 58.3 Å². The number of nitrogens with one attached hydrogen (secondary N) is 12. The number of amides is 12. The molecule has 91 heavy (non-hydrogen) atoms. The number of nitrogen functional groups attached to an aromatic ring is 1. The van der Waals surface area contributed by atoms with Crippen LogP contribution in [0, 0.1) is 5.92 Å². The summed E-state index contributed by atoms with van der Waals surface area (Å²) < 4.78 is 5.56. The maximum absolute atomic E-state index is 14.5. The van der Waals surface area contributed by atoms with Crippen LogP contribution in [0.4, 0.5) is 5.69 Å². The highest BCUT2D eigenvalue weighted by Crippen LogP contribution is 2.17. The van der Waals surface area contributed by atoms with Crippen molar-refractivity contribution in [3.05, 3.63) is 29.8 Å². The Hall–Kier alpha value is -10.4. The number of carboxylic acids is 4. The zero-order valence-electron chi connectivity index (χ0n) is 49.4. The lowest BCUT2D eigenvalue weighted by Crippen LogP contribution is -2.61. The molecule has 1 aliphatic rings. The molecule has 0 bridgehead atoms. The number of hydrogen-bond donors (Lipinski definition) is 20. The van der Waals surface area contributed by atoms with Crippen LogP contribution in [0.3, 0.4) is 0 Å².